The number of aromatic nitrogens is 1. The van der Waals surface area contributed by atoms with Crippen LogP contribution in [0.3, 0.4) is 0 Å². The molecular weight excluding hydrogens is 242 g/mol. The maximum absolute atomic E-state index is 5.96. The second-order valence-electron chi connectivity index (χ2n) is 4.28. The van der Waals surface area contributed by atoms with Gasteiger partial charge in [0.25, 0.3) is 0 Å². The minimum atomic E-state index is 0.441. The molecule has 0 aromatic carbocycles. The van der Waals surface area contributed by atoms with Crippen LogP contribution in [0.5, 0.6) is 0 Å². The summed E-state index contributed by atoms with van der Waals surface area (Å²) in [7, 11) is 2.17. The van der Waals surface area contributed by atoms with Crippen LogP contribution in [-0.2, 0) is 0 Å². The third kappa shape index (κ3) is 2.56. The van der Waals surface area contributed by atoms with Crippen molar-refractivity contribution in [3.63, 3.8) is 0 Å². The van der Waals surface area contributed by atoms with Gasteiger partial charge in [0.15, 0.2) is 0 Å². The lowest BCUT2D eigenvalue weighted by Crippen LogP contribution is -2.28. The molecule has 0 radical (unpaired) electrons. The molecule has 1 N–H and O–H groups in total. The molecule has 1 saturated heterocycles. The minimum absolute atomic E-state index is 0.441. The highest BCUT2D eigenvalue weighted by Crippen LogP contribution is 2.38. The largest absolute Gasteiger partial charge is 0.317 e. The Morgan fingerprint density at radius 3 is 3.12 bits per heavy atom. The number of rotatable bonds is 4. The second-order valence-corrected chi connectivity index (χ2v) is 5.98. The predicted molar refractivity (Wildman–Crippen MR) is 69.1 cm³/mol. The molecular formula is C11H18ClN3S. The summed E-state index contributed by atoms with van der Waals surface area (Å²) < 4.78 is 0.789. The number of likely N-dealkylation sites (tertiary alicyclic amines) is 1. The van der Waals surface area contributed by atoms with Crippen molar-refractivity contribution < 1.29 is 0 Å². The van der Waals surface area contributed by atoms with E-state index < -0.39 is 0 Å². The van der Waals surface area contributed by atoms with E-state index in [1.54, 1.807) is 17.5 Å². The Morgan fingerprint density at radius 1 is 1.69 bits per heavy atom. The maximum atomic E-state index is 5.96. The summed E-state index contributed by atoms with van der Waals surface area (Å²) in [5.41, 5.74) is 0. The van der Waals surface area contributed by atoms with Crippen LogP contribution < -0.4 is 5.32 Å². The van der Waals surface area contributed by atoms with E-state index in [4.69, 9.17) is 11.6 Å². The first kappa shape index (κ1) is 12.3. The Kier molecular flexibility index (Phi) is 4.19. The lowest BCUT2D eigenvalue weighted by atomic mass is 10.0. The van der Waals surface area contributed by atoms with Gasteiger partial charge in [-0.2, -0.15) is 0 Å². The molecule has 1 aromatic heterocycles. The fraction of sp³-hybridized carbons (Fsp3) is 0.727. The molecule has 0 saturated carbocycles. The summed E-state index contributed by atoms with van der Waals surface area (Å²) in [4.78, 5) is 6.81. The van der Waals surface area contributed by atoms with Crippen molar-refractivity contribution in [2.45, 2.75) is 19.4 Å². The van der Waals surface area contributed by atoms with Crippen molar-refractivity contribution in [1.29, 1.82) is 0 Å². The first-order valence-corrected chi connectivity index (χ1v) is 6.94. The summed E-state index contributed by atoms with van der Waals surface area (Å²) in [5, 5.41) is 4.59. The van der Waals surface area contributed by atoms with E-state index in [0.717, 1.165) is 29.0 Å². The van der Waals surface area contributed by atoms with E-state index in [9.17, 15) is 0 Å². The quantitative estimate of drug-likeness (QED) is 0.900. The molecule has 1 aliphatic rings. The van der Waals surface area contributed by atoms with Gasteiger partial charge in [-0.15, -0.1) is 11.3 Å². The van der Waals surface area contributed by atoms with Gasteiger partial charge >= 0.3 is 0 Å². The number of thiazole rings is 1. The second kappa shape index (κ2) is 5.45. The van der Waals surface area contributed by atoms with Gasteiger partial charge < -0.3 is 5.32 Å². The monoisotopic (exact) mass is 259 g/mol. The average Bonchev–Trinajstić information content (AvgIpc) is 2.82. The van der Waals surface area contributed by atoms with E-state index in [1.807, 2.05) is 0 Å². The Balaban J connectivity index is 2.09. The summed E-state index contributed by atoms with van der Waals surface area (Å²) in [5.74, 6) is 0.659. The van der Waals surface area contributed by atoms with Crippen molar-refractivity contribution in [3.8, 4) is 0 Å². The Hall–Kier alpha value is -0.160. The zero-order valence-corrected chi connectivity index (χ0v) is 11.3. The molecule has 0 bridgehead atoms. The van der Waals surface area contributed by atoms with Crippen molar-refractivity contribution >= 4 is 22.9 Å². The number of nitrogens with one attached hydrogen (secondary N) is 1. The van der Waals surface area contributed by atoms with Gasteiger partial charge in [0, 0.05) is 0 Å². The third-order valence-electron chi connectivity index (χ3n) is 3.18. The summed E-state index contributed by atoms with van der Waals surface area (Å²) in [6, 6.07) is 0.441. The van der Waals surface area contributed by atoms with E-state index in [0.29, 0.717) is 12.0 Å². The van der Waals surface area contributed by atoms with Crippen LogP contribution in [0.4, 0.5) is 0 Å². The molecule has 2 atom stereocenters. The SMILES string of the molecule is CCNCC1CCN(C)C1c1ncc(Cl)s1. The van der Waals surface area contributed by atoms with Gasteiger partial charge in [-0.25, -0.2) is 4.98 Å². The van der Waals surface area contributed by atoms with Gasteiger partial charge in [0.2, 0.25) is 0 Å². The highest BCUT2D eigenvalue weighted by molar-refractivity contribution is 7.15. The average molecular weight is 260 g/mol. The fourth-order valence-electron chi connectivity index (χ4n) is 2.36. The summed E-state index contributed by atoms with van der Waals surface area (Å²) in [6.07, 6.45) is 3.00. The highest BCUT2D eigenvalue weighted by atomic mass is 35.5. The van der Waals surface area contributed by atoms with Crippen LogP contribution in [0.1, 0.15) is 24.4 Å². The van der Waals surface area contributed by atoms with Crippen LogP contribution in [0, 0.1) is 5.92 Å². The first-order valence-electron chi connectivity index (χ1n) is 5.74. The molecule has 0 spiro atoms. The molecule has 0 aliphatic carbocycles. The van der Waals surface area contributed by atoms with Gasteiger partial charge in [-0.05, 0) is 39.0 Å². The van der Waals surface area contributed by atoms with Crippen LogP contribution in [0.15, 0.2) is 6.20 Å². The molecule has 5 heteroatoms. The standard InChI is InChI=1S/C11H18ClN3S/c1-3-13-6-8-4-5-15(2)10(8)11-14-7-9(12)16-11/h7-8,10,13H,3-6H2,1-2H3. The molecule has 1 fully saturated rings. The van der Waals surface area contributed by atoms with E-state index in [1.165, 1.54) is 6.42 Å². The van der Waals surface area contributed by atoms with E-state index in [2.05, 4.69) is 29.2 Å². The van der Waals surface area contributed by atoms with Crippen LogP contribution in [0.2, 0.25) is 4.34 Å². The Bertz CT molecular complexity index is 342. The third-order valence-corrected chi connectivity index (χ3v) is 4.36. The zero-order chi connectivity index (χ0) is 11.5. The van der Waals surface area contributed by atoms with Gasteiger partial charge in [-0.1, -0.05) is 18.5 Å². The molecule has 0 amide bonds. The Labute approximate surface area is 106 Å². The van der Waals surface area contributed by atoms with E-state index in [-0.39, 0.29) is 0 Å². The molecule has 1 aliphatic heterocycles. The minimum Gasteiger partial charge on any atom is -0.317 e. The number of hydrogen-bond acceptors (Lipinski definition) is 4. The predicted octanol–water partition coefficient (Wildman–Crippen LogP) is 2.40. The molecule has 2 rings (SSSR count). The first-order chi connectivity index (χ1) is 7.72. The van der Waals surface area contributed by atoms with Crippen molar-refractivity contribution in [2.75, 3.05) is 26.7 Å². The van der Waals surface area contributed by atoms with Crippen molar-refractivity contribution in [1.82, 2.24) is 15.2 Å². The normalized spacial score (nSPS) is 26.4. The smallest absolute Gasteiger partial charge is 0.113 e. The molecule has 3 nitrogen and oxygen atoms in total. The molecule has 2 unspecified atom stereocenters. The zero-order valence-electron chi connectivity index (χ0n) is 9.74. The lowest BCUT2D eigenvalue weighted by molar-refractivity contribution is 0.272. The molecule has 2 heterocycles. The topological polar surface area (TPSA) is 28.2 Å². The van der Waals surface area contributed by atoms with Crippen LogP contribution in [0.25, 0.3) is 0 Å². The van der Waals surface area contributed by atoms with Crippen LogP contribution >= 0.6 is 22.9 Å². The Morgan fingerprint density at radius 2 is 2.50 bits per heavy atom. The van der Waals surface area contributed by atoms with Crippen molar-refractivity contribution in [3.05, 3.63) is 15.5 Å². The fourth-order valence-corrected chi connectivity index (χ4v) is 3.55. The molecule has 16 heavy (non-hydrogen) atoms. The highest BCUT2D eigenvalue weighted by Gasteiger charge is 2.34. The number of halogens is 1. The number of nitrogens with zero attached hydrogens (tertiary/aromatic N) is 2. The summed E-state index contributed by atoms with van der Waals surface area (Å²) in [6.45, 7) is 5.40. The van der Waals surface area contributed by atoms with Gasteiger partial charge in [0.05, 0.1) is 12.2 Å². The van der Waals surface area contributed by atoms with Gasteiger partial charge in [0.1, 0.15) is 9.34 Å². The van der Waals surface area contributed by atoms with Gasteiger partial charge in [-0.3, -0.25) is 4.90 Å². The molecule has 90 valence electrons. The number of hydrogen-bond donors (Lipinski definition) is 1. The van der Waals surface area contributed by atoms with Crippen LogP contribution in [-0.4, -0.2) is 36.6 Å². The maximum Gasteiger partial charge on any atom is 0.113 e. The van der Waals surface area contributed by atoms with Crippen molar-refractivity contribution in [2.24, 2.45) is 5.92 Å². The van der Waals surface area contributed by atoms with E-state index >= 15 is 0 Å². The lowest BCUT2D eigenvalue weighted by Gasteiger charge is -2.23. The molecule has 1 aromatic rings. The summed E-state index contributed by atoms with van der Waals surface area (Å²) >= 11 is 7.57.